The third kappa shape index (κ3) is 1.91. The molecule has 0 unspecified atom stereocenters. The van der Waals surface area contributed by atoms with Gasteiger partial charge in [-0.3, -0.25) is 4.79 Å². The highest BCUT2D eigenvalue weighted by Crippen LogP contribution is 2.35. The largest absolute Gasteiger partial charge is 0.480 e. The maximum absolute atomic E-state index is 11.2. The standard InChI is InChI=1S/C8H6ClNO4S/c9-15(12,13)6-3-1-2-5-8(6)14-4-7(11)10-5/h1-3H,4H2,(H,10,11). The van der Waals surface area contributed by atoms with Crippen LogP contribution in [0.5, 0.6) is 5.75 Å². The molecule has 0 saturated carbocycles. The third-order valence-corrected chi connectivity index (χ3v) is 3.21. The number of nitrogens with one attached hydrogen (secondary N) is 1. The molecule has 1 amide bonds. The molecule has 2 rings (SSSR count). The Balaban J connectivity index is 2.61. The Morgan fingerprint density at radius 3 is 2.80 bits per heavy atom. The zero-order valence-electron chi connectivity index (χ0n) is 7.36. The zero-order valence-corrected chi connectivity index (χ0v) is 8.93. The molecule has 1 aliphatic heterocycles. The lowest BCUT2D eigenvalue weighted by atomic mass is 10.2. The number of halogens is 1. The lowest BCUT2D eigenvalue weighted by Crippen LogP contribution is -2.26. The van der Waals surface area contributed by atoms with Crippen molar-refractivity contribution in [2.24, 2.45) is 0 Å². The monoisotopic (exact) mass is 247 g/mol. The molecule has 0 bridgehead atoms. The smallest absolute Gasteiger partial charge is 0.265 e. The average Bonchev–Trinajstić information content (AvgIpc) is 2.15. The lowest BCUT2D eigenvalue weighted by Gasteiger charge is -2.19. The van der Waals surface area contributed by atoms with Gasteiger partial charge in [0.05, 0.1) is 5.69 Å². The van der Waals surface area contributed by atoms with Gasteiger partial charge in [-0.15, -0.1) is 0 Å². The van der Waals surface area contributed by atoms with Gasteiger partial charge >= 0.3 is 0 Å². The summed E-state index contributed by atoms with van der Waals surface area (Å²) in [6.45, 7) is -0.212. The minimum atomic E-state index is -3.87. The molecular formula is C8H6ClNO4S. The molecule has 15 heavy (non-hydrogen) atoms. The molecule has 1 N–H and O–H groups in total. The van der Waals surface area contributed by atoms with Gasteiger partial charge < -0.3 is 10.1 Å². The SMILES string of the molecule is O=C1COc2c(cccc2S(=O)(=O)Cl)N1. The minimum absolute atomic E-state index is 0.0899. The fraction of sp³-hybridized carbons (Fsp3) is 0.125. The van der Waals surface area contributed by atoms with E-state index in [1.807, 2.05) is 0 Å². The minimum Gasteiger partial charge on any atom is -0.480 e. The van der Waals surface area contributed by atoms with Gasteiger partial charge in [0.1, 0.15) is 4.90 Å². The normalized spacial score (nSPS) is 15.1. The van der Waals surface area contributed by atoms with Crippen LogP contribution < -0.4 is 10.1 Å². The van der Waals surface area contributed by atoms with Crippen LogP contribution in [0.3, 0.4) is 0 Å². The second-order valence-corrected chi connectivity index (χ2v) is 5.44. The number of fused-ring (bicyclic) bond motifs is 1. The molecule has 0 aromatic heterocycles. The number of benzene rings is 1. The van der Waals surface area contributed by atoms with Crippen LogP contribution in [0.15, 0.2) is 23.1 Å². The number of hydrogen-bond donors (Lipinski definition) is 1. The Bertz CT molecular complexity index is 525. The first-order valence-electron chi connectivity index (χ1n) is 3.99. The maximum Gasteiger partial charge on any atom is 0.265 e. The van der Waals surface area contributed by atoms with Gasteiger partial charge in [-0.2, -0.15) is 0 Å². The van der Waals surface area contributed by atoms with E-state index < -0.39 is 9.05 Å². The number of anilines is 1. The van der Waals surface area contributed by atoms with Gasteiger partial charge in [0, 0.05) is 10.7 Å². The highest BCUT2D eigenvalue weighted by atomic mass is 35.7. The second-order valence-electron chi connectivity index (χ2n) is 2.91. The number of ether oxygens (including phenoxy) is 1. The van der Waals surface area contributed by atoms with E-state index in [-0.39, 0.29) is 23.2 Å². The molecule has 1 aromatic carbocycles. The van der Waals surface area contributed by atoms with Crippen molar-refractivity contribution in [3.8, 4) is 5.75 Å². The number of para-hydroxylation sites is 1. The Morgan fingerprint density at radius 1 is 1.40 bits per heavy atom. The van der Waals surface area contributed by atoms with E-state index >= 15 is 0 Å². The van der Waals surface area contributed by atoms with Crippen molar-refractivity contribution in [3.63, 3.8) is 0 Å². The van der Waals surface area contributed by atoms with E-state index in [0.29, 0.717) is 5.69 Å². The third-order valence-electron chi connectivity index (χ3n) is 1.86. The molecule has 0 atom stereocenters. The predicted octanol–water partition coefficient (Wildman–Crippen LogP) is 0.945. The number of amides is 1. The van der Waals surface area contributed by atoms with Crippen molar-refractivity contribution >= 4 is 31.3 Å². The summed E-state index contributed by atoms with van der Waals surface area (Å²) in [7, 11) is 1.35. The van der Waals surface area contributed by atoms with Gasteiger partial charge in [-0.05, 0) is 12.1 Å². The fourth-order valence-corrected chi connectivity index (χ4v) is 2.28. The number of carbonyl (C=O) groups is 1. The first kappa shape index (κ1) is 10.3. The lowest BCUT2D eigenvalue weighted by molar-refractivity contribution is -0.118. The maximum atomic E-state index is 11.2. The summed E-state index contributed by atoms with van der Waals surface area (Å²) in [6, 6.07) is 4.33. The van der Waals surface area contributed by atoms with Crippen molar-refractivity contribution < 1.29 is 17.9 Å². The summed E-state index contributed by atoms with van der Waals surface area (Å²) >= 11 is 0. The molecular weight excluding hydrogens is 242 g/mol. The van der Waals surface area contributed by atoms with Crippen molar-refractivity contribution in [3.05, 3.63) is 18.2 Å². The van der Waals surface area contributed by atoms with Gasteiger partial charge in [-0.1, -0.05) is 6.07 Å². The molecule has 0 aliphatic carbocycles. The average molecular weight is 248 g/mol. The van der Waals surface area contributed by atoms with E-state index in [4.69, 9.17) is 15.4 Å². The first-order chi connectivity index (χ1) is 6.98. The van der Waals surface area contributed by atoms with Crippen molar-refractivity contribution in [2.45, 2.75) is 4.90 Å². The highest BCUT2D eigenvalue weighted by molar-refractivity contribution is 8.13. The molecule has 80 valence electrons. The Morgan fingerprint density at radius 2 is 2.13 bits per heavy atom. The quantitative estimate of drug-likeness (QED) is 0.750. The van der Waals surface area contributed by atoms with Crippen LogP contribution in [-0.4, -0.2) is 20.9 Å². The van der Waals surface area contributed by atoms with Crippen molar-refractivity contribution in [1.29, 1.82) is 0 Å². The Hall–Kier alpha value is -1.27. The second kappa shape index (κ2) is 3.39. The molecule has 1 aliphatic rings. The van der Waals surface area contributed by atoms with Gasteiger partial charge in [0.15, 0.2) is 12.4 Å². The Labute approximate surface area is 90.4 Å². The molecule has 1 aromatic rings. The molecule has 0 saturated heterocycles. The Kier molecular flexibility index (Phi) is 2.32. The van der Waals surface area contributed by atoms with E-state index in [2.05, 4.69) is 5.32 Å². The van der Waals surface area contributed by atoms with E-state index in [1.54, 1.807) is 0 Å². The summed E-state index contributed by atoms with van der Waals surface area (Å²) in [5, 5.41) is 2.49. The van der Waals surface area contributed by atoms with Crippen molar-refractivity contribution in [2.75, 3.05) is 11.9 Å². The zero-order chi connectivity index (χ0) is 11.1. The van der Waals surface area contributed by atoms with Crippen LogP contribution in [-0.2, 0) is 13.8 Å². The molecule has 5 nitrogen and oxygen atoms in total. The van der Waals surface area contributed by atoms with Crippen LogP contribution in [0.2, 0.25) is 0 Å². The summed E-state index contributed by atoms with van der Waals surface area (Å²) in [4.78, 5) is 10.8. The molecule has 0 fully saturated rings. The summed E-state index contributed by atoms with van der Waals surface area (Å²) in [6.07, 6.45) is 0. The van der Waals surface area contributed by atoms with Crippen LogP contribution in [0.1, 0.15) is 0 Å². The van der Waals surface area contributed by atoms with E-state index in [1.165, 1.54) is 18.2 Å². The summed E-state index contributed by atoms with van der Waals surface area (Å²) in [5.41, 5.74) is 0.313. The molecule has 7 heteroatoms. The molecule has 0 radical (unpaired) electrons. The number of carbonyl (C=O) groups excluding carboxylic acids is 1. The summed E-state index contributed by atoms with van der Waals surface area (Å²) < 4.78 is 27.3. The highest BCUT2D eigenvalue weighted by Gasteiger charge is 2.24. The van der Waals surface area contributed by atoms with Gasteiger partial charge in [-0.25, -0.2) is 8.42 Å². The first-order valence-corrected chi connectivity index (χ1v) is 6.30. The van der Waals surface area contributed by atoms with Crippen molar-refractivity contribution in [1.82, 2.24) is 0 Å². The van der Waals surface area contributed by atoms with Crippen LogP contribution >= 0.6 is 10.7 Å². The molecule has 0 spiro atoms. The predicted molar refractivity (Wildman–Crippen MR) is 53.6 cm³/mol. The molecule has 1 heterocycles. The number of hydrogen-bond acceptors (Lipinski definition) is 4. The fourth-order valence-electron chi connectivity index (χ4n) is 1.28. The van der Waals surface area contributed by atoms with Gasteiger partial charge in [0.25, 0.3) is 15.0 Å². The van der Waals surface area contributed by atoms with Crippen LogP contribution in [0.25, 0.3) is 0 Å². The van der Waals surface area contributed by atoms with Crippen LogP contribution in [0.4, 0.5) is 5.69 Å². The van der Waals surface area contributed by atoms with Gasteiger partial charge in [0.2, 0.25) is 0 Å². The summed E-state index contributed by atoms with van der Waals surface area (Å²) in [5.74, 6) is -0.237. The van der Waals surface area contributed by atoms with E-state index in [0.717, 1.165) is 0 Å². The number of rotatable bonds is 1. The topological polar surface area (TPSA) is 72.5 Å². The van der Waals surface area contributed by atoms with Crippen LogP contribution in [0, 0.1) is 0 Å². The van der Waals surface area contributed by atoms with E-state index in [9.17, 15) is 13.2 Å².